The van der Waals surface area contributed by atoms with Crippen molar-refractivity contribution < 1.29 is 0 Å². The third-order valence-corrected chi connectivity index (χ3v) is 1.82. The molecular weight excluding hydrogens is 126 g/mol. The third-order valence-electron chi connectivity index (χ3n) is 1.82. The van der Waals surface area contributed by atoms with E-state index >= 15 is 0 Å². The fourth-order valence-electron chi connectivity index (χ4n) is 0.979. The van der Waals surface area contributed by atoms with E-state index in [2.05, 4.69) is 24.5 Å². The number of hydrogen-bond donors (Lipinski definition) is 3. The van der Waals surface area contributed by atoms with Crippen LogP contribution in [0.3, 0.4) is 0 Å². The minimum absolute atomic E-state index is 0.0320. The van der Waals surface area contributed by atoms with Gasteiger partial charge in [-0.3, -0.25) is 0 Å². The molecule has 0 aromatic carbocycles. The first kappa shape index (κ1) is 7.98. The molecule has 0 atom stereocenters. The van der Waals surface area contributed by atoms with Crippen LogP contribution in [0.15, 0.2) is 0 Å². The second-order valence-electron chi connectivity index (χ2n) is 3.50. The van der Waals surface area contributed by atoms with Gasteiger partial charge in [0.2, 0.25) is 0 Å². The highest BCUT2D eigenvalue weighted by Gasteiger charge is 2.31. The van der Waals surface area contributed by atoms with Gasteiger partial charge in [0.1, 0.15) is 0 Å². The van der Waals surface area contributed by atoms with Crippen molar-refractivity contribution in [1.82, 2.24) is 10.6 Å². The van der Waals surface area contributed by atoms with Crippen molar-refractivity contribution in [1.29, 1.82) is 0 Å². The van der Waals surface area contributed by atoms with E-state index in [0.717, 1.165) is 19.6 Å². The predicted octanol–water partition coefficient (Wildman–Crippen LogP) is -0.715. The second-order valence-corrected chi connectivity index (χ2v) is 3.50. The predicted molar refractivity (Wildman–Crippen MR) is 42.9 cm³/mol. The van der Waals surface area contributed by atoms with Gasteiger partial charge in [0.25, 0.3) is 0 Å². The topological polar surface area (TPSA) is 50.1 Å². The molecule has 60 valence electrons. The first-order valence-electron chi connectivity index (χ1n) is 3.85. The molecule has 0 radical (unpaired) electrons. The van der Waals surface area contributed by atoms with Crippen LogP contribution in [0.2, 0.25) is 0 Å². The lowest BCUT2D eigenvalue weighted by Crippen LogP contribution is -2.70. The highest BCUT2D eigenvalue weighted by Crippen LogP contribution is 2.04. The zero-order chi connectivity index (χ0) is 7.61. The lowest BCUT2D eigenvalue weighted by molar-refractivity contribution is 0.263. The molecule has 0 unspecified atom stereocenters. The fourth-order valence-corrected chi connectivity index (χ4v) is 0.979. The Labute approximate surface area is 62.4 Å². The molecule has 0 aromatic rings. The molecule has 1 fully saturated rings. The van der Waals surface area contributed by atoms with E-state index < -0.39 is 0 Å². The highest BCUT2D eigenvalue weighted by molar-refractivity contribution is 4.99. The second kappa shape index (κ2) is 2.86. The standard InChI is InChI=1S/C7H17N3/c1-6(2)10-5-7(8)3-9-4-7/h6,9-10H,3-5,8H2,1-2H3. The van der Waals surface area contributed by atoms with E-state index in [1.807, 2.05) is 0 Å². The Morgan fingerprint density at radius 3 is 2.50 bits per heavy atom. The first-order chi connectivity index (χ1) is 4.62. The molecule has 0 saturated carbocycles. The van der Waals surface area contributed by atoms with Gasteiger partial charge in [0.05, 0.1) is 5.54 Å². The summed E-state index contributed by atoms with van der Waals surface area (Å²) in [5.74, 6) is 0. The van der Waals surface area contributed by atoms with Gasteiger partial charge in [-0.1, -0.05) is 13.8 Å². The molecule has 1 heterocycles. The maximum atomic E-state index is 5.93. The largest absolute Gasteiger partial charge is 0.322 e. The van der Waals surface area contributed by atoms with Gasteiger partial charge in [-0.05, 0) is 0 Å². The summed E-state index contributed by atoms with van der Waals surface area (Å²) in [5.41, 5.74) is 5.96. The van der Waals surface area contributed by atoms with E-state index in [-0.39, 0.29) is 5.54 Å². The first-order valence-corrected chi connectivity index (χ1v) is 3.85. The quantitative estimate of drug-likeness (QED) is 0.489. The maximum Gasteiger partial charge on any atom is 0.0533 e. The van der Waals surface area contributed by atoms with Gasteiger partial charge in [-0.25, -0.2) is 0 Å². The summed E-state index contributed by atoms with van der Waals surface area (Å²) in [6, 6.07) is 0.543. The molecule has 0 bridgehead atoms. The minimum Gasteiger partial charge on any atom is -0.322 e. The van der Waals surface area contributed by atoms with Gasteiger partial charge in [-0.15, -0.1) is 0 Å². The average Bonchev–Trinajstić information content (AvgIpc) is 1.79. The van der Waals surface area contributed by atoms with Gasteiger partial charge < -0.3 is 16.4 Å². The summed E-state index contributed by atoms with van der Waals surface area (Å²) < 4.78 is 0. The molecule has 0 amide bonds. The van der Waals surface area contributed by atoms with Crippen molar-refractivity contribution in [2.75, 3.05) is 19.6 Å². The smallest absolute Gasteiger partial charge is 0.0533 e. The Morgan fingerprint density at radius 1 is 1.60 bits per heavy atom. The molecule has 0 aliphatic carbocycles. The summed E-state index contributed by atoms with van der Waals surface area (Å²) in [4.78, 5) is 0. The van der Waals surface area contributed by atoms with E-state index in [1.165, 1.54) is 0 Å². The van der Waals surface area contributed by atoms with Crippen molar-refractivity contribution in [2.45, 2.75) is 25.4 Å². The minimum atomic E-state index is 0.0320. The van der Waals surface area contributed by atoms with Crippen LogP contribution in [-0.2, 0) is 0 Å². The lowest BCUT2D eigenvalue weighted by Gasteiger charge is -2.39. The molecule has 1 rings (SSSR count). The van der Waals surface area contributed by atoms with Crippen molar-refractivity contribution in [3.8, 4) is 0 Å². The molecular formula is C7H17N3. The van der Waals surface area contributed by atoms with Crippen LogP contribution in [0.4, 0.5) is 0 Å². The van der Waals surface area contributed by atoms with E-state index in [1.54, 1.807) is 0 Å². The fraction of sp³-hybridized carbons (Fsp3) is 1.00. The summed E-state index contributed by atoms with van der Waals surface area (Å²) in [5, 5.41) is 6.48. The number of nitrogens with two attached hydrogens (primary N) is 1. The van der Waals surface area contributed by atoms with Gasteiger partial charge in [0.15, 0.2) is 0 Å². The van der Waals surface area contributed by atoms with Crippen molar-refractivity contribution >= 4 is 0 Å². The van der Waals surface area contributed by atoms with Gasteiger partial charge >= 0.3 is 0 Å². The van der Waals surface area contributed by atoms with Crippen molar-refractivity contribution in [2.24, 2.45) is 5.73 Å². The van der Waals surface area contributed by atoms with Crippen molar-refractivity contribution in [3.05, 3.63) is 0 Å². The van der Waals surface area contributed by atoms with Gasteiger partial charge in [-0.2, -0.15) is 0 Å². The molecule has 3 nitrogen and oxygen atoms in total. The molecule has 0 aromatic heterocycles. The summed E-state index contributed by atoms with van der Waals surface area (Å²) in [6.07, 6.45) is 0. The zero-order valence-corrected chi connectivity index (χ0v) is 6.78. The van der Waals surface area contributed by atoms with Crippen LogP contribution in [0.1, 0.15) is 13.8 Å². The highest BCUT2D eigenvalue weighted by atomic mass is 15.1. The van der Waals surface area contributed by atoms with Crippen LogP contribution in [-0.4, -0.2) is 31.2 Å². The Balaban J connectivity index is 2.12. The van der Waals surface area contributed by atoms with E-state index in [0.29, 0.717) is 6.04 Å². The Bertz CT molecular complexity index is 107. The van der Waals surface area contributed by atoms with E-state index in [4.69, 9.17) is 5.73 Å². The summed E-state index contributed by atoms with van der Waals surface area (Å²) in [6.45, 7) is 7.10. The lowest BCUT2D eigenvalue weighted by atomic mass is 9.94. The number of rotatable bonds is 3. The molecule has 3 heteroatoms. The summed E-state index contributed by atoms with van der Waals surface area (Å²) >= 11 is 0. The van der Waals surface area contributed by atoms with Crippen LogP contribution < -0.4 is 16.4 Å². The molecule has 0 spiro atoms. The zero-order valence-electron chi connectivity index (χ0n) is 6.78. The molecule has 10 heavy (non-hydrogen) atoms. The Hall–Kier alpha value is -0.120. The molecule has 1 saturated heterocycles. The van der Waals surface area contributed by atoms with Gasteiger partial charge in [0, 0.05) is 25.7 Å². The van der Waals surface area contributed by atoms with Crippen LogP contribution in [0, 0.1) is 0 Å². The molecule has 1 aliphatic rings. The normalized spacial score (nSPS) is 22.8. The molecule has 1 aliphatic heterocycles. The van der Waals surface area contributed by atoms with Crippen LogP contribution in [0.25, 0.3) is 0 Å². The Morgan fingerprint density at radius 2 is 2.20 bits per heavy atom. The summed E-state index contributed by atoms with van der Waals surface area (Å²) in [7, 11) is 0. The van der Waals surface area contributed by atoms with Crippen LogP contribution >= 0.6 is 0 Å². The monoisotopic (exact) mass is 143 g/mol. The van der Waals surface area contributed by atoms with Crippen molar-refractivity contribution in [3.63, 3.8) is 0 Å². The van der Waals surface area contributed by atoms with E-state index in [9.17, 15) is 0 Å². The molecule has 4 N–H and O–H groups in total. The maximum absolute atomic E-state index is 5.93. The SMILES string of the molecule is CC(C)NCC1(N)CNC1. The third kappa shape index (κ3) is 1.94. The van der Waals surface area contributed by atoms with Crippen LogP contribution in [0.5, 0.6) is 0 Å². The Kier molecular flexibility index (Phi) is 2.28. The number of nitrogens with one attached hydrogen (secondary N) is 2. The number of hydrogen-bond acceptors (Lipinski definition) is 3. The average molecular weight is 143 g/mol.